The number of aliphatic carboxylic acids is 1. The van der Waals surface area contributed by atoms with Gasteiger partial charge in [0, 0.05) is 17.1 Å². The summed E-state index contributed by atoms with van der Waals surface area (Å²) in [5.41, 5.74) is 1.25. The lowest BCUT2D eigenvalue weighted by Crippen LogP contribution is -2.45. The van der Waals surface area contributed by atoms with Crippen molar-refractivity contribution in [2.45, 2.75) is 32.1 Å². The Labute approximate surface area is 208 Å². The molecule has 35 heavy (non-hydrogen) atoms. The number of rotatable bonds is 5. The Kier molecular flexibility index (Phi) is 5.56. The Bertz CT molecular complexity index is 1450. The molecule has 4 aromatic rings. The van der Waals surface area contributed by atoms with Gasteiger partial charge in [0.15, 0.2) is 11.6 Å². The highest BCUT2D eigenvalue weighted by atomic mass is 35.5. The molecule has 3 aliphatic carbocycles. The number of nitrogens with zero attached hydrogens (tertiary/aromatic N) is 3. The fraction of sp³-hybridized carbons (Fsp3) is 0.360. The fourth-order valence-corrected chi connectivity index (χ4v) is 7.02. The van der Waals surface area contributed by atoms with Gasteiger partial charge in [-0.2, -0.15) is 0 Å². The maximum atomic E-state index is 15.9. The van der Waals surface area contributed by atoms with E-state index in [2.05, 4.69) is 19.9 Å². The van der Waals surface area contributed by atoms with Gasteiger partial charge in [-0.3, -0.25) is 4.79 Å². The molecule has 0 radical (unpaired) electrons. The number of fused-ring (bicyclic) bond motifs is 4. The molecule has 2 bridgehead atoms. The third kappa shape index (κ3) is 3.90. The number of pyridine rings is 1. The Hall–Kier alpha value is -2.91. The van der Waals surface area contributed by atoms with Gasteiger partial charge in [-0.05, 0) is 68.1 Å². The first-order chi connectivity index (χ1) is 16.9. The van der Waals surface area contributed by atoms with E-state index in [1.54, 1.807) is 18.3 Å². The summed E-state index contributed by atoms with van der Waals surface area (Å²) in [6, 6.07) is 4.71. The number of nitrogens with one attached hydrogen (secondary N) is 1. The van der Waals surface area contributed by atoms with Crippen molar-refractivity contribution in [1.82, 2.24) is 19.9 Å². The van der Waals surface area contributed by atoms with Crippen LogP contribution >= 0.6 is 22.9 Å². The van der Waals surface area contributed by atoms with Gasteiger partial charge in [0.2, 0.25) is 0 Å². The van der Waals surface area contributed by atoms with Crippen LogP contribution in [0.5, 0.6) is 0 Å². The first kappa shape index (κ1) is 22.5. The molecule has 0 spiro atoms. The highest BCUT2D eigenvalue weighted by Gasteiger charge is 2.47. The molecule has 2 atom stereocenters. The average Bonchev–Trinajstić information content (AvgIpc) is 3.46. The summed E-state index contributed by atoms with van der Waals surface area (Å²) in [7, 11) is 0. The minimum atomic E-state index is -0.817. The molecule has 10 heteroatoms. The van der Waals surface area contributed by atoms with Crippen LogP contribution in [0.2, 0.25) is 4.34 Å². The van der Waals surface area contributed by atoms with Crippen molar-refractivity contribution in [3.63, 3.8) is 0 Å². The number of carboxylic acid groups (broad SMARTS) is 1. The van der Waals surface area contributed by atoms with Gasteiger partial charge < -0.3 is 10.1 Å². The minimum absolute atomic E-state index is 0.105. The van der Waals surface area contributed by atoms with Gasteiger partial charge in [0.1, 0.15) is 17.2 Å². The molecule has 0 aromatic carbocycles. The zero-order valence-corrected chi connectivity index (χ0v) is 20.0. The Morgan fingerprint density at radius 3 is 2.66 bits per heavy atom. The van der Waals surface area contributed by atoms with Crippen LogP contribution in [0.3, 0.4) is 0 Å². The van der Waals surface area contributed by atoms with Crippen molar-refractivity contribution in [2.24, 2.45) is 23.7 Å². The highest BCUT2D eigenvalue weighted by molar-refractivity contribution is 7.19. The second kappa shape index (κ2) is 8.64. The number of halogens is 3. The van der Waals surface area contributed by atoms with Crippen molar-refractivity contribution in [1.29, 1.82) is 0 Å². The molecule has 2 N–H and O–H groups in total. The number of aromatic amines is 1. The maximum Gasteiger partial charge on any atom is 0.307 e. The fourth-order valence-electron chi connectivity index (χ4n) is 5.99. The van der Waals surface area contributed by atoms with Gasteiger partial charge >= 0.3 is 5.97 Å². The number of hydrogen-bond acceptors (Lipinski definition) is 5. The van der Waals surface area contributed by atoms with E-state index in [0.717, 1.165) is 31.9 Å². The SMILES string of the molecule is O=C(O)[C@H]1C2CCC(CC2)[C@@H]1Cc1nc(-c2c[nH]c3ncc(F)cc23)nc(-c2ccc(Cl)s2)c1F. The van der Waals surface area contributed by atoms with Crippen molar-refractivity contribution in [3.05, 3.63) is 52.3 Å². The standard InChI is InChI=1S/C25H21ClF2N4O2S/c26-19-6-5-18(35-19)22-21(28)17(8-14-11-1-3-12(4-2-11)20(14)25(33)34)31-24(32-22)16-10-30-23-15(16)7-13(27)9-29-23/h5-7,9-12,14,20H,1-4,8H2,(H,29,30)(H,33,34)/t11?,12?,14-,20-/m0/s1. The molecule has 3 fully saturated rings. The van der Waals surface area contributed by atoms with E-state index in [1.165, 1.54) is 17.4 Å². The Balaban J connectivity index is 1.50. The molecule has 3 aliphatic rings. The van der Waals surface area contributed by atoms with Gasteiger partial charge in [-0.15, -0.1) is 11.3 Å². The molecule has 180 valence electrons. The lowest BCUT2D eigenvalue weighted by Gasteiger charge is -2.46. The van der Waals surface area contributed by atoms with Gasteiger partial charge in [-0.1, -0.05) is 11.6 Å². The number of aromatic nitrogens is 4. The number of carboxylic acids is 1. The topological polar surface area (TPSA) is 91.8 Å². The van der Waals surface area contributed by atoms with Crippen LogP contribution < -0.4 is 0 Å². The third-order valence-electron chi connectivity index (χ3n) is 7.57. The molecule has 0 unspecified atom stereocenters. The van der Waals surface area contributed by atoms with E-state index >= 15 is 4.39 Å². The van der Waals surface area contributed by atoms with E-state index in [-0.39, 0.29) is 41.4 Å². The summed E-state index contributed by atoms with van der Waals surface area (Å²) >= 11 is 7.32. The van der Waals surface area contributed by atoms with E-state index in [4.69, 9.17) is 11.6 Å². The molecular weight excluding hydrogens is 494 g/mol. The van der Waals surface area contributed by atoms with E-state index in [0.29, 0.717) is 25.8 Å². The normalized spacial score (nSPS) is 23.7. The molecule has 0 saturated heterocycles. The number of hydrogen-bond donors (Lipinski definition) is 2. The predicted molar refractivity (Wildman–Crippen MR) is 129 cm³/mol. The van der Waals surface area contributed by atoms with Crippen LogP contribution in [-0.4, -0.2) is 31.0 Å². The summed E-state index contributed by atoms with van der Waals surface area (Å²) in [5, 5.41) is 10.5. The van der Waals surface area contributed by atoms with Crippen LogP contribution in [0.25, 0.3) is 33.0 Å². The minimum Gasteiger partial charge on any atom is -0.481 e. The van der Waals surface area contributed by atoms with Crippen molar-refractivity contribution >= 4 is 39.9 Å². The highest BCUT2D eigenvalue weighted by Crippen LogP contribution is 2.50. The molecule has 0 aliphatic heterocycles. The van der Waals surface area contributed by atoms with E-state index < -0.39 is 23.5 Å². The van der Waals surface area contributed by atoms with Crippen LogP contribution in [0, 0.1) is 35.3 Å². The molecule has 4 aromatic heterocycles. The van der Waals surface area contributed by atoms with Crippen LogP contribution in [-0.2, 0) is 11.2 Å². The van der Waals surface area contributed by atoms with Crippen LogP contribution in [0.15, 0.2) is 30.6 Å². The van der Waals surface area contributed by atoms with Gasteiger partial charge in [0.05, 0.1) is 27.0 Å². The predicted octanol–water partition coefficient (Wildman–Crippen LogP) is 6.36. The van der Waals surface area contributed by atoms with E-state index in [1.807, 2.05) is 0 Å². The molecule has 0 amide bonds. The first-order valence-electron chi connectivity index (χ1n) is 11.6. The molecule has 4 heterocycles. The molecule has 6 nitrogen and oxygen atoms in total. The second-order valence-electron chi connectivity index (χ2n) is 9.42. The van der Waals surface area contributed by atoms with Crippen LogP contribution in [0.1, 0.15) is 31.4 Å². The van der Waals surface area contributed by atoms with E-state index in [9.17, 15) is 14.3 Å². The summed E-state index contributed by atoms with van der Waals surface area (Å²) in [6.07, 6.45) is 6.68. The van der Waals surface area contributed by atoms with Crippen molar-refractivity contribution < 1.29 is 18.7 Å². The Morgan fingerprint density at radius 1 is 1.17 bits per heavy atom. The number of H-pyrrole nitrogens is 1. The van der Waals surface area contributed by atoms with Crippen LogP contribution in [0.4, 0.5) is 8.78 Å². The summed E-state index contributed by atoms with van der Waals surface area (Å²) < 4.78 is 30.4. The average molecular weight is 515 g/mol. The summed E-state index contributed by atoms with van der Waals surface area (Å²) in [6.45, 7) is 0. The summed E-state index contributed by atoms with van der Waals surface area (Å²) in [4.78, 5) is 28.9. The monoisotopic (exact) mass is 514 g/mol. The maximum absolute atomic E-state index is 15.9. The lowest BCUT2D eigenvalue weighted by molar-refractivity contribution is -0.152. The quantitative estimate of drug-likeness (QED) is 0.323. The molecular formula is C25H21ClF2N4O2S. The van der Waals surface area contributed by atoms with Gasteiger partial charge in [0.25, 0.3) is 0 Å². The zero-order chi connectivity index (χ0) is 24.3. The summed E-state index contributed by atoms with van der Waals surface area (Å²) in [5.74, 6) is -2.02. The molecule has 7 rings (SSSR count). The smallest absolute Gasteiger partial charge is 0.307 e. The van der Waals surface area contributed by atoms with Gasteiger partial charge in [-0.25, -0.2) is 23.7 Å². The van der Waals surface area contributed by atoms with Crippen molar-refractivity contribution in [3.8, 4) is 22.0 Å². The third-order valence-corrected chi connectivity index (χ3v) is 8.81. The Morgan fingerprint density at radius 2 is 1.94 bits per heavy atom. The largest absolute Gasteiger partial charge is 0.481 e. The first-order valence-corrected chi connectivity index (χ1v) is 12.8. The molecule has 3 saturated carbocycles. The second-order valence-corrected chi connectivity index (χ2v) is 11.1. The number of thiophene rings is 1. The lowest BCUT2D eigenvalue weighted by atomic mass is 9.57. The number of carbonyl (C=O) groups is 1. The van der Waals surface area contributed by atoms with Crippen molar-refractivity contribution in [2.75, 3.05) is 0 Å². The zero-order valence-electron chi connectivity index (χ0n) is 18.5.